The van der Waals surface area contributed by atoms with Crippen LogP contribution in [-0.2, 0) is 32.1 Å². The van der Waals surface area contributed by atoms with Crippen molar-refractivity contribution in [1.29, 1.82) is 0 Å². The molecule has 3 heterocycles. The van der Waals surface area contributed by atoms with Crippen molar-refractivity contribution >= 4 is 46.2 Å². The number of fused-ring (bicyclic) bond motifs is 1. The van der Waals surface area contributed by atoms with Crippen LogP contribution in [0.1, 0.15) is 123 Å². The Kier molecular flexibility index (Phi) is 14.2. The van der Waals surface area contributed by atoms with Gasteiger partial charge in [0.05, 0.1) is 10.5 Å². The van der Waals surface area contributed by atoms with Gasteiger partial charge in [0.25, 0.3) is 11.8 Å². The van der Waals surface area contributed by atoms with E-state index in [2.05, 4.69) is 62.8 Å². The number of amides is 3. The number of benzene rings is 1. The third-order valence-corrected chi connectivity index (χ3v) is 10.6. The van der Waals surface area contributed by atoms with Gasteiger partial charge in [-0.1, -0.05) is 54.4 Å². The Morgan fingerprint density at radius 1 is 0.920 bits per heavy atom. The number of phenols is 1. The lowest BCUT2D eigenvalue weighted by Crippen LogP contribution is -2.30. The second-order valence-corrected chi connectivity index (χ2v) is 18.3. The standard InChI is InChI=1S/C40H60N4O5S/c1-39(2,3)25-31-30-17-18-33(46)32(37(30)42-38(31)50-40(4,5)6)27-43-24-21-28(26-43)15-16-29(45)13-9-7-11-22-41-34(47)14-10-8-12-23-44-35(48)19-20-36(44)49/h17-20,28,42,46H,7-16,21-27H2,1-6H3,(H,41,47)/t28-/m1/s1. The summed E-state index contributed by atoms with van der Waals surface area (Å²) in [5, 5.41) is 16.4. The fourth-order valence-corrected chi connectivity index (χ4v) is 8.00. The zero-order chi connectivity index (χ0) is 36.5. The molecular weight excluding hydrogens is 649 g/mol. The van der Waals surface area contributed by atoms with Crippen LogP contribution in [0.3, 0.4) is 0 Å². The zero-order valence-electron chi connectivity index (χ0n) is 31.3. The molecule has 4 rings (SSSR count). The van der Waals surface area contributed by atoms with Crippen molar-refractivity contribution in [2.75, 3.05) is 26.2 Å². The van der Waals surface area contributed by atoms with Crippen molar-refractivity contribution in [3.05, 3.63) is 35.4 Å². The van der Waals surface area contributed by atoms with Crippen LogP contribution in [0.25, 0.3) is 10.9 Å². The lowest BCUT2D eigenvalue weighted by molar-refractivity contribution is -0.137. The number of phenolic OH excluding ortho intramolecular Hbond substituents is 1. The number of rotatable bonds is 19. The number of imide groups is 1. The Morgan fingerprint density at radius 2 is 1.62 bits per heavy atom. The molecule has 3 amide bonds. The number of carbonyl (C=O) groups excluding carboxylic acids is 4. The summed E-state index contributed by atoms with van der Waals surface area (Å²) in [4.78, 5) is 55.3. The Hall–Kier alpha value is -3.11. The summed E-state index contributed by atoms with van der Waals surface area (Å²) in [5.74, 6) is 0.660. The zero-order valence-corrected chi connectivity index (χ0v) is 32.1. The second kappa shape index (κ2) is 17.9. The number of aromatic amines is 1. The van der Waals surface area contributed by atoms with Crippen molar-refractivity contribution in [2.24, 2.45) is 11.3 Å². The molecule has 1 aromatic carbocycles. The maximum Gasteiger partial charge on any atom is 0.253 e. The fourth-order valence-electron chi connectivity index (χ4n) is 6.93. The molecule has 0 unspecified atom stereocenters. The Balaban J connectivity index is 1.11. The van der Waals surface area contributed by atoms with Gasteiger partial charge in [0, 0.05) is 73.3 Å². The highest BCUT2D eigenvalue weighted by molar-refractivity contribution is 8.00. The second-order valence-electron chi connectivity index (χ2n) is 16.5. The number of hydrogen-bond donors (Lipinski definition) is 3. The van der Waals surface area contributed by atoms with Gasteiger partial charge in [0.15, 0.2) is 0 Å². The summed E-state index contributed by atoms with van der Waals surface area (Å²) in [5.41, 5.74) is 3.50. The minimum absolute atomic E-state index is 0.0241. The van der Waals surface area contributed by atoms with E-state index >= 15 is 0 Å². The van der Waals surface area contributed by atoms with Crippen molar-refractivity contribution in [1.82, 2.24) is 20.1 Å². The number of ketones is 1. The molecule has 2 aliphatic rings. The fraction of sp³-hybridized carbons (Fsp3) is 0.650. The molecule has 3 N–H and O–H groups in total. The van der Waals surface area contributed by atoms with Gasteiger partial charge in [-0.2, -0.15) is 0 Å². The molecule has 2 aromatic rings. The SMILES string of the molecule is CC(C)(C)Cc1c(SC(C)(C)C)[nH]c2c(CN3CC[C@@H](CCC(=O)CCCCCNC(=O)CCCCCN4C(=O)C=CC4=O)C3)c(O)ccc12. The molecule has 0 saturated carbocycles. The summed E-state index contributed by atoms with van der Waals surface area (Å²) >= 11 is 1.86. The number of aromatic nitrogens is 1. The van der Waals surface area contributed by atoms with Gasteiger partial charge in [-0.3, -0.25) is 29.0 Å². The lowest BCUT2D eigenvalue weighted by Gasteiger charge is -2.22. The number of aromatic hydroxyl groups is 1. The normalized spacial score (nSPS) is 17.1. The first-order valence-corrected chi connectivity index (χ1v) is 19.5. The van der Waals surface area contributed by atoms with Gasteiger partial charge in [0.2, 0.25) is 5.91 Å². The summed E-state index contributed by atoms with van der Waals surface area (Å²) < 4.78 is 0.0658. The van der Waals surface area contributed by atoms with E-state index in [0.717, 1.165) is 75.5 Å². The van der Waals surface area contributed by atoms with Gasteiger partial charge in [-0.05, 0) is 80.5 Å². The van der Waals surface area contributed by atoms with E-state index < -0.39 is 0 Å². The molecular formula is C40H60N4O5S. The third kappa shape index (κ3) is 12.3. The molecule has 1 saturated heterocycles. The van der Waals surface area contributed by atoms with E-state index in [1.165, 1.54) is 33.0 Å². The van der Waals surface area contributed by atoms with Gasteiger partial charge in [-0.15, -0.1) is 11.8 Å². The van der Waals surface area contributed by atoms with E-state index in [0.29, 0.717) is 62.8 Å². The lowest BCUT2D eigenvalue weighted by atomic mass is 9.88. The van der Waals surface area contributed by atoms with Crippen LogP contribution in [-0.4, -0.2) is 74.3 Å². The summed E-state index contributed by atoms with van der Waals surface area (Å²) in [6, 6.07) is 3.93. The first-order chi connectivity index (χ1) is 23.6. The van der Waals surface area contributed by atoms with Gasteiger partial charge >= 0.3 is 0 Å². The number of nitrogens with zero attached hydrogens (tertiary/aromatic N) is 2. The molecule has 276 valence electrons. The minimum Gasteiger partial charge on any atom is -0.508 e. The summed E-state index contributed by atoms with van der Waals surface area (Å²) in [7, 11) is 0. The van der Waals surface area contributed by atoms with Crippen molar-refractivity contribution in [3.63, 3.8) is 0 Å². The Bertz CT molecular complexity index is 1510. The molecule has 9 nitrogen and oxygen atoms in total. The number of unbranched alkanes of at least 4 members (excludes halogenated alkanes) is 4. The van der Waals surface area contributed by atoms with Gasteiger partial charge < -0.3 is 15.4 Å². The van der Waals surface area contributed by atoms with Crippen LogP contribution >= 0.6 is 11.8 Å². The molecule has 0 spiro atoms. The van der Waals surface area contributed by atoms with Crippen LogP contribution in [0, 0.1) is 11.3 Å². The molecule has 0 bridgehead atoms. The predicted octanol–water partition coefficient (Wildman–Crippen LogP) is 7.69. The van der Waals surface area contributed by atoms with Crippen LogP contribution in [0.15, 0.2) is 29.3 Å². The molecule has 0 radical (unpaired) electrons. The maximum absolute atomic E-state index is 12.7. The largest absolute Gasteiger partial charge is 0.508 e. The molecule has 1 atom stereocenters. The van der Waals surface area contributed by atoms with Gasteiger partial charge in [0.1, 0.15) is 11.5 Å². The van der Waals surface area contributed by atoms with E-state index in [-0.39, 0.29) is 27.9 Å². The average molecular weight is 709 g/mol. The van der Waals surface area contributed by atoms with E-state index in [1.54, 1.807) is 0 Å². The van der Waals surface area contributed by atoms with Crippen LogP contribution in [0.5, 0.6) is 5.75 Å². The monoisotopic (exact) mass is 708 g/mol. The smallest absolute Gasteiger partial charge is 0.253 e. The topological polar surface area (TPSA) is 123 Å². The minimum atomic E-state index is -0.259. The highest BCUT2D eigenvalue weighted by Gasteiger charge is 2.28. The summed E-state index contributed by atoms with van der Waals surface area (Å²) in [6.45, 7) is 17.2. The molecule has 50 heavy (non-hydrogen) atoms. The summed E-state index contributed by atoms with van der Waals surface area (Å²) in [6.07, 6.45) is 12.0. The number of hydrogen-bond acceptors (Lipinski definition) is 7. The molecule has 0 aliphatic carbocycles. The highest BCUT2D eigenvalue weighted by atomic mass is 32.2. The first-order valence-electron chi connectivity index (χ1n) is 18.7. The number of H-pyrrole nitrogens is 1. The van der Waals surface area contributed by atoms with Crippen LogP contribution < -0.4 is 5.32 Å². The van der Waals surface area contributed by atoms with Crippen LogP contribution in [0.4, 0.5) is 0 Å². The molecule has 1 aromatic heterocycles. The molecule has 1 fully saturated rings. The maximum atomic E-state index is 12.7. The molecule has 10 heteroatoms. The van der Waals surface area contributed by atoms with E-state index in [1.807, 2.05) is 17.8 Å². The van der Waals surface area contributed by atoms with Gasteiger partial charge in [-0.25, -0.2) is 0 Å². The number of Topliss-reactive ketones (excluding diaryl/α,β-unsaturated/α-hetero) is 1. The highest BCUT2D eigenvalue weighted by Crippen LogP contribution is 2.42. The van der Waals surface area contributed by atoms with E-state index in [9.17, 15) is 24.3 Å². The van der Waals surface area contributed by atoms with Crippen LogP contribution in [0.2, 0.25) is 0 Å². The Morgan fingerprint density at radius 3 is 2.32 bits per heavy atom. The van der Waals surface area contributed by atoms with E-state index in [4.69, 9.17) is 0 Å². The predicted molar refractivity (Wildman–Crippen MR) is 202 cm³/mol. The quantitative estimate of drug-likeness (QED) is 0.0777. The molecule has 2 aliphatic heterocycles. The average Bonchev–Trinajstić information content (AvgIpc) is 3.71. The number of carbonyl (C=O) groups is 4. The first kappa shape index (κ1) is 39.7. The number of thioether (sulfide) groups is 1. The van der Waals surface area contributed by atoms with Crippen molar-refractivity contribution < 1.29 is 24.3 Å². The van der Waals surface area contributed by atoms with Crippen molar-refractivity contribution in [2.45, 2.75) is 135 Å². The van der Waals surface area contributed by atoms with Crippen molar-refractivity contribution in [3.8, 4) is 5.75 Å². The number of likely N-dealkylation sites (tertiary alicyclic amines) is 1. The number of nitrogens with one attached hydrogen (secondary N) is 2. The third-order valence-electron chi connectivity index (χ3n) is 9.47. The Labute approximate surface area is 303 Å².